The number of anilines is 2. The molecule has 3 rings (SSSR count). The normalized spacial score (nSPS) is 15.0. The maximum atomic E-state index is 12.5. The Balaban J connectivity index is 1.68. The molecule has 126 valence electrons. The molecule has 0 radical (unpaired) electrons. The largest absolute Gasteiger partial charge is 0.383 e. The van der Waals surface area contributed by atoms with Gasteiger partial charge < -0.3 is 15.5 Å². The number of carbonyl (C=O) groups excluding carboxylic acids is 1. The molecular formula is C19H22ClN3O. The van der Waals surface area contributed by atoms with Crippen molar-refractivity contribution < 1.29 is 4.79 Å². The van der Waals surface area contributed by atoms with Crippen LogP contribution in [0.5, 0.6) is 0 Å². The minimum Gasteiger partial charge on any atom is -0.383 e. The Morgan fingerprint density at radius 1 is 1.25 bits per heavy atom. The van der Waals surface area contributed by atoms with Crippen LogP contribution in [-0.2, 0) is 4.79 Å². The maximum absolute atomic E-state index is 12.5. The predicted molar refractivity (Wildman–Crippen MR) is 99.8 cm³/mol. The van der Waals surface area contributed by atoms with Gasteiger partial charge in [-0.05, 0) is 37.1 Å². The Kier molecular flexibility index (Phi) is 5.26. The van der Waals surface area contributed by atoms with Gasteiger partial charge in [-0.25, -0.2) is 0 Å². The number of benzene rings is 2. The zero-order valence-corrected chi connectivity index (χ0v) is 14.5. The minimum absolute atomic E-state index is 0.000812. The van der Waals surface area contributed by atoms with Crippen LogP contribution in [0.25, 0.3) is 0 Å². The molecule has 4 nitrogen and oxygen atoms in total. The van der Waals surface area contributed by atoms with Gasteiger partial charge in [0.2, 0.25) is 5.91 Å². The van der Waals surface area contributed by atoms with Crippen molar-refractivity contribution in [3.63, 3.8) is 0 Å². The molecular weight excluding hydrogens is 322 g/mol. The highest BCUT2D eigenvalue weighted by molar-refractivity contribution is 6.31. The van der Waals surface area contributed by atoms with Crippen molar-refractivity contribution in [2.75, 3.05) is 29.9 Å². The van der Waals surface area contributed by atoms with Crippen molar-refractivity contribution in [2.24, 2.45) is 0 Å². The van der Waals surface area contributed by atoms with E-state index >= 15 is 0 Å². The SMILES string of the molecule is CC(NC(=O)CN1CCCNc2ccccc21)c1ccccc1Cl. The topological polar surface area (TPSA) is 44.4 Å². The van der Waals surface area contributed by atoms with Gasteiger partial charge in [-0.15, -0.1) is 0 Å². The quantitative estimate of drug-likeness (QED) is 0.886. The third-order valence-corrected chi connectivity index (χ3v) is 4.59. The first kappa shape index (κ1) is 16.7. The molecule has 2 N–H and O–H groups in total. The second kappa shape index (κ2) is 7.58. The number of fused-ring (bicyclic) bond motifs is 1. The smallest absolute Gasteiger partial charge is 0.239 e. The number of hydrogen-bond donors (Lipinski definition) is 2. The Morgan fingerprint density at radius 3 is 2.83 bits per heavy atom. The summed E-state index contributed by atoms with van der Waals surface area (Å²) in [6, 6.07) is 15.6. The van der Waals surface area contributed by atoms with E-state index in [1.165, 1.54) is 0 Å². The maximum Gasteiger partial charge on any atom is 0.239 e. The predicted octanol–water partition coefficient (Wildman–Crippen LogP) is 3.84. The molecule has 2 aromatic rings. The summed E-state index contributed by atoms with van der Waals surface area (Å²) < 4.78 is 0. The molecule has 0 aliphatic carbocycles. The van der Waals surface area contributed by atoms with Gasteiger partial charge in [-0.1, -0.05) is 41.9 Å². The van der Waals surface area contributed by atoms with E-state index in [1.54, 1.807) is 0 Å². The molecule has 0 aromatic heterocycles. The summed E-state index contributed by atoms with van der Waals surface area (Å²) in [7, 11) is 0. The van der Waals surface area contributed by atoms with Crippen molar-refractivity contribution in [1.29, 1.82) is 0 Å². The number of nitrogens with one attached hydrogen (secondary N) is 2. The number of carbonyl (C=O) groups is 1. The highest BCUT2D eigenvalue weighted by Crippen LogP contribution is 2.28. The lowest BCUT2D eigenvalue weighted by Gasteiger charge is -2.25. The van der Waals surface area contributed by atoms with E-state index in [0.717, 1.165) is 36.4 Å². The van der Waals surface area contributed by atoms with Crippen LogP contribution >= 0.6 is 11.6 Å². The van der Waals surface area contributed by atoms with Crippen LogP contribution in [0.15, 0.2) is 48.5 Å². The van der Waals surface area contributed by atoms with Gasteiger partial charge in [0, 0.05) is 18.1 Å². The second-order valence-corrected chi connectivity index (χ2v) is 6.44. The summed E-state index contributed by atoms with van der Waals surface area (Å²) in [4.78, 5) is 14.6. The first-order valence-corrected chi connectivity index (χ1v) is 8.64. The van der Waals surface area contributed by atoms with E-state index in [9.17, 15) is 4.79 Å². The molecule has 0 saturated heterocycles. The number of halogens is 1. The Morgan fingerprint density at radius 2 is 2.00 bits per heavy atom. The van der Waals surface area contributed by atoms with Crippen molar-refractivity contribution >= 4 is 28.9 Å². The van der Waals surface area contributed by atoms with Crippen molar-refractivity contribution in [2.45, 2.75) is 19.4 Å². The van der Waals surface area contributed by atoms with Crippen molar-refractivity contribution in [3.05, 3.63) is 59.1 Å². The molecule has 1 heterocycles. The lowest BCUT2D eigenvalue weighted by atomic mass is 10.1. The average Bonchev–Trinajstić information content (AvgIpc) is 2.78. The van der Waals surface area contributed by atoms with Crippen LogP contribution in [0.3, 0.4) is 0 Å². The summed E-state index contributed by atoms with van der Waals surface area (Å²) in [6.45, 7) is 4.08. The zero-order valence-electron chi connectivity index (χ0n) is 13.8. The van der Waals surface area contributed by atoms with Crippen LogP contribution in [0, 0.1) is 0 Å². The summed E-state index contributed by atoms with van der Waals surface area (Å²) in [5, 5.41) is 7.14. The third kappa shape index (κ3) is 3.82. The molecule has 0 spiro atoms. The highest BCUT2D eigenvalue weighted by atomic mass is 35.5. The third-order valence-electron chi connectivity index (χ3n) is 4.25. The first-order chi connectivity index (χ1) is 11.6. The molecule has 1 aliphatic heterocycles. The Hall–Kier alpha value is -2.20. The molecule has 1 amide bonds. The number of amides is 1. The first-order valence-electron chi connectivity index (χ1n) is 8.27. The van der Waals surface area contributed by atoms with Crippen LogP contribution in [0.1, 0.15) is 24.9 Å². The van der Waals surface area contributed by atoms with Gasteiger partial charge in [0.1, 0.15) is 0 Å². The van der Waals surface area contributed by atoms with E-state index in [2.05, 4.69) is 27.7 Å². The van der Waals surface area contributed by atoms with E-state index in [4.69, 9.17) is 11.6 Å². The summed E-state index contributed by atoms with van der Waals surface area (Å²) in [5.74, 6) is -0.000812. The van der Waals surface area contributed by atoms with E-state index in [-0.39, 0.29) is 11.9 Å². The van der Waals surface area contributed by atoms with Gasteiger partial charge in [0.15, 0.2) is 0 Å². The lowest BCUT2D eigenvalue weighted by Crippen LogP contribution is -2.38. The molecule has 1 atom stereocenters. The van der Waals surface area contributed by atoms with Gasteiger partial charge in [-0.3, -0.25) is 4.79 Å². The Labute approximate surface area is 147 Å². The molecule has 0 bridgehead atoms. The number of rotatable bonds is 4. The summed E-state index contributed by atoms with van der Waals surface area (Å²) in [6.07, 6.45) is 1.00. The standard InChI is InChI=1S/C19H22ClN3O/c1-14(15-7-2-3-8-16(15)20)22-19(24)13-23-12-6-11-21-17-9-4-5-10-18(17)23/h2-5,7-10,14,21H,6,11-13H2,1H3,(H,22,24). The Bertz CT molecular complexity index is 719. The minimum atomic E-state index is -0.119. The molecule has 1 unspecified atom stereocenters. The lowest BCUT2D eigenvalue weighted by molar-refractivity contribution is -0.120. The molecule has 0 fully saturated rings. The van der Waals surface area contributed by atoms with Gasteiger partial charge in [-0.2, -0.15) is 0 Å². The van der Waals surface area contributed by atoms with E-state index in [1.807, 2.05) is 43.3 Å². The fourth-order valence-corrected chi connectivity index (χ4v) is 3.34. The van der Waals surface area contributed by atoms with Crippen molar-refractivity contribution in [1.82, 2.24) is 5.32 Å². The number of hydrogen-bond acceptors (Lipinski definition) is 3. The fraction of sp³-hybridized carbons (Fsp3) is 0.316. The second-order valence-electron chi connectivity index (χ2n) is 6.03. The zero-order chi connectivity index (χ0) is 16.9. The molecule has 24 heavy (non-hydrogen) atoms. The number of nitrogens with zero attached hydrogens (tertiary/aromatic N) is 1. The molecule has 2 aromatic carbocycles. The fourth-order valence-electron chi connectivity index (χ4n) is 3.04. The molecule has 0 saturated carbocycles. The van der Waals surface area contributed by atoms with E-state index in [0.29, 0.717) is 11.6 Å². The average molecular weight is 344 g/mol. The van der Waals surface area contributed by atoms with E-state index < -0.39 is 0 Å². The molecule has 5 heteroatoms. The monoisotopic (exact) mass is 343 g/mol. The molecule has 1 aliphatic rings. The number of para-hydroxylation sites is 2. The van der Waals surface area contributed by atoms with Crippen LogP contribution in [0.2, 0.25) is 5.02 Å². The van der Waals surface area contributed by atoms with Gasteiger partial charge >= 0.3 is 0 Å². The van der Waals surface area contributed by atoms with Gasteiger partial charge in [0.05, 0.1) is 24.0 Å². The summed E-state index contributed by atoms with van der Waals surface area (Å²) >= 11 is 6.21. The van der Waals surface area contributed by atoms with Crippen LogP contribution in [-0.4, -0.2) is 25.5 Å². The van der Waals surface area contributed by atoms with Crippen LogP contribution < -0.4 is 15.5 Å². The van der Waals surface area contributed by atoms with Gasteiger partial charge in [0.25, 0.3) is 0 Å². The summed E-state index contributed by atoms with van der Waals surface area (Å²) in [5.41, 5.74) is 3.10. The van der Waals surface area contributed by atoms with Crippen LogP contribution in [0.4, 0.5) is 11.4 Å². The van der Waals surface area contributed by atoms with Crippen molar-refractivity contribution in [3.8, 4) is 0 Å². The highest BCUT2D eigenvalue weighted by Gasteiger charge is 2.19.